The zero-order valence-electron chi connectivity index (χ0n) is 8.93. The Morgan fingerprint density at radius 2 is 2.20 bits per heavy atom. The Balaban J connectivity index is 2.96. The van der Waals surface area contributed by atoms with Crippen molar-refractivity contribution in [3.63, 3.8) is 0 Å². The van der Waals surface area contributed by atoms with Gasteiger partial charge in [0.15, 0.2) is 0 Å². The predicted octanol–water partition coefficient (Wildman–Crippen LogP) is -0.605. The van der Waals surface area contributed by atoms with Gasteiger partial charge in [-0.25, -0.2) is 0 Å². The van der Waals surface area contributed by atoms with Crippen LogP contribution in [0.3, 0.4) is 0 Å². The Morgan fingerprint density at radius 1 is 1.53 bits per heavy atom. The fraction of sp³-hybridized carbons (Fsp3) is 0.400. The van der Waals surface area contributed by atoms with E-state index in [4.69, 9.17) is 5.73 Å². The topological polar surface area (TPSA) is 68.3 Å². The van der Waals surface area contributed by atoms with E-state index < -0.39 is 0 Å². The Morgan fingerprint density at radius 3 is 2.73 bits per heavy atom. The first-order valence-electron chi connectivity index (χ1n) is 4.65. The summed E-state index contributed by atoms with van der Waals surface area (Å²) in [6.07, 6.45) is 1.59. The van der Waals surface area contributed by atoms with E-state index in [0.717, 1.165) is 0 Å². The minimum atomic E-state index is -0.199. The lowest BCUT2D eigenvalue weighted by Crippen LogP contribution is -2.32. The van der Waals surface area contributed by atoms with E-state index in [1.165, 1.54) is 9.47 Å². The number of pyridine rings is 1. The van der Waals surface area contributed by atoms with E-state index in [9.17, 15) is 9.59 Å². The summed E-state index contributed by atoms with van der Waals surface area (Å²) in [6.45, 7) is 0.246. The average Bonchev–Trinajstić information content (AvgIpc) is 2.21. The summed E-state index contributed by atoms with van der Waals surface area (Å²) in [7, 11) is 3.31. The predicted molar refractivity (Wildman–Crippen MR) is 57.3 cm³/mol. The second-order valence-corrected chi connectivity index (χ2v) is 3.46. The Hall–Kier alpha value is -1.62. The highest BCUT2D eigenvalue weighted by Crippen LogP contribution is 1.91. The third-order valence-corrected chi connectivity index (χ3v) is 2.12. The van der Waals surface area contributed by atoms with Gasteiger partial charge in [0.2, 0.25) is 5.91 Å². The van der Waals surface area contributed by atoms with E-state index in [1.54, 1.807) is 32.4 Å². The summed E-state index contributed by atoms with van der Waals surface area (Å²) in [5.41, 5.74) is 5.72. The quantitative estimate of drug-likeness (QED) is 0.722. The van der Waals surface area contributed by atoms with Gasteiger partial charge in [0, 0.05) is 32.4 Å². The number of carbonyl (C=O) groups excluding carboxylic acids is 1. The first kappa shape index (κ1) is 11.5. The molecule has 0 bridgehead atoms. The molecule has 0 aliphatic heterocycles. The molecule has 1 aromatic heterocycles. The monoisotopic (exact) mass is 209 g/mol. The molecule has 0 aliphatic carbocycles. The van der Waals surface area contributed by atoms with Crippen molar-refractivity contribution in [2.75, 3.05) is 14.1 Å². The maximum absolute atomic E-state index is 11.7. The van der Waals surface area contributed by atoms with E-state index >= 15 is 0 Å². The van der Waals surface area contributed by atoms with E-state index in [2.05, 4.69) is 0 Å². The van der Waals surface area contributed by atoms with Crippen LogP contribution in [0, 0.1) is 0 Å². The molecular weight excluding hydrogens is 194 g/mol. The van der Waals surface area contributed by atoms with Gasteiger partial charge < -0.3 is 15.2 Å². The van der Waals surface area contributed by atoms with Crippen LogP contribution < -0.4 is 11.3 Å². The minimum absolute atomic E-state index is 0.0552. The van der Waals surface area contributed by atoms with Crippen molar-refractivity contribution in [2.45, 2.75) is 13.1 Å². The normalized spacial score (nSPS) is 10.1. The second kappa shape index (κ2) is 4.75. The molecule has 0 aliphatic rings. The number of nitrogens with zero attached hydrogens (tertiary/aromatic N) is 2. The van der Waals surface area contributed by atoms with Gasteiger partial charge in [-0.3, -0.25) is 9.59 Å². The Bertz CT molecular complexity index is 409. The molecule has 0 saturated carbocycles. The van der Waals surface area contributed by atoms with Gasteiger partial charge in [-0.1, -0.05) is 6.07 Å². The van der Waals surface area contributed by atoms with Crippen LogP contribution in [0.15, 0.2) is 23.1 Å². The molecule has 0 saturated heterocycles. The number of likely N-dealkylation sites (N-methyl/N-ethyl adjacent to an activating group) is 1. The molecule has 1 amide bonds. The highest BCUT2D eigenvalue weighted by atomic mass is 16.2. The van der Waals surface area contributed by atoms with Gasteiger partial charge in [0.1, 0.15) is 6.54 Å². The molecule has 15 heavy (non-hydrogen) atoms. The van der Waals surface area contributed by atoms with E-state index in [1.807, 2.05) is 0 Å². The molecule has 1 rings (SSSR count). The molecule has 1 heterocycles. The maximum Gasteiger partial charge on any atom is 0.255 e. The summed E-state index contributed by atoms with van der Waals surface area (Å²) in [5.74, 6) is -0.119. The number of hydrogen-bond donors (Lipinski definition) is 1. The van der Waals surface area contributed by atoms with E-state index in [-0.39, 0.29) is 24.6 Å². The van der Waals surface area contributed by atoms with Crippen molar-refractivity contribution in [1.29, 1.82) is 0 Å². The van der Waals surface area contributed by atoms with Gasteiger partial charge >= 0.3 is 0 Å². The Kier molecular flexibility index (Phi) is 3.62. The lowest BCUT2D eigenvalue weighted by molar-refractivity contribution is -0.129. The zero-order valence-corrected chi connectivity index (χ0v) is 8.93. The number of amides is 1. The molecule has 1 aromatic rings. The van der Waals surface area contributed by atoms with Crippen molar-refractivity contribution >= 4 is 5.91 Å². The van der Waals surface area contributed by atoms with Crippen molar-refractivity contribution < 1.29 is 4.79 Å². The van der Waals surface area contributed by atoms with Crippen LogP contribution in [0.5, 0.6) is 0 Å². The standard InChI is InChI=1S/C10H15N3O2/c1-12(2)9(14)7-13-5-3-4-8(6-11)10(13)15/h3-5H,6-7,11H2,1-2H3. The molecular formula is C10H15N3O2. The largest absolute Gasteiger partial charge is 0.347 e. The summed E-state index contributed by atoms with van der Waals surface area (Å²) in [6, 6.07) is 3.38. The molecule has 0 radical (unpaired) electrons. The van der Waals surface area contributed by atoms with Crippen molar-refractivity contribution in [1.82, 2.24) is 9.47 Å². The molecule has 5 nitrogen and oxygen atoms in total. The number of carbonyl (C=O) groups is 1. The fourth-order valence-corrected chi connectivity index (χ4v) is 1.15. The van der Waals surface area contributed by atoms with E-state index in [0.29, 0.717) is 5.56 Å². The highest BCUT2D eigenvalue weighted by molar-refractivity contribution is 5.75. The molecule has 0 spiro atoms. The Labute approximate surface area is 88.1 Å². The first-order valence-corrected chi connectivity index (χ1v) is 4.65. The van der Waals surface area contributed by atoms with Crippen LogP contribution >= 0.6 is 0 Å². The molecule has 0 aromatic carbocycles. The smallest absolute Gasteiger partial charge is 0.255 e. The van der Waals surface area contributed by atoms with Crippen LogP contribution in [-0.4, -0.2) is 29.5 Å². The maximum atomic E-state index is 11.7. The third-order valence-electron chi connectivity index (χ3n) is 2.12. The zero-order chi connectivity index (χ0) is 11.4. The molecule has 0 fully saturated rings. The van der Waals surface area contributed by atoms with Gasteiger partial charge in [-0.2, -0.15) is 0 Å². The second-order valence-electron chi connectivity index (χ2n) is 3.46. The molecule has 5 heteroatoms. The van der Waals surface area contributed by atoms with Gasteiger partial charge in [-0.15, -0.1) is 0 Å². The van der Waals surface area contributed by atoms with Crippen LogP contribution in [0.2, 0.25) is 0 Å². The van der Waals surface area contributed by atoms with Crippen LogP contribution in [0.4, 0.5) is 0 Å². The lowest BCUT2D eigenvalue weighted by Gasteiger charge is -2.12. The molecule has 0 unspecified atom stereocenters. The van der Waals surface area contributed by atoms with Gasteiger partial charge in [-0.05, 0) is 6.07 Å². The highest BCUT2D eigenvalue weighted by Gasteiger charge is 2.07. The van der Waals surface area contributed by atoms with Gasteiger partial charge in [0.25, 0.3) is 5.56 Å². The SMILES string of the molecule is CN(C)C(=O)Cn1cccc(CN)c1=O. The molecule has 82 valence electrons. The molecule has 0 atom stereocenters. The van der Waals surface area contributed by atoms with Crippen LogP contribution in [0.25, 0.3) is 0 Å². The summed E-state index contributed by atoms with van der Waals surface area (Å²) in [4.78, 5) is 24.5. The van der Waals surface area contributed by atoms with Crippen LogP contribution in [0.1, 0.15) is 5.56 Å². The summed E-state index contributed by atoms with van der Waals surface area (Å²) >= 11 is 0. The first-order chi connectivity index (χ1) is 7.06. The number of aromatic nitrogens is 1. The van der Waals surface area contributed by atoms with Crippen LogP contribution in [-0.2, 0) is 17.9 Å². The third kappa shape index (κ3) is 2.66. The van der Waals surface area contributed by atoms with Crippen molar-refractivity contribution in [2.24, 2.45) is 5.73 Å². The van der Waals surface area contributed by atoms with Gasteiger partial charge in [0.05, 0.1) is 0 Å². The van der Waals surface area contributed by atoms with Crippen molar-refractivity contribution in [3.05, 3.63) is 34.2 Å². The summed E-state index contributed by atoms with van der Waals surface area (Å²) in [5, 5.41) is 0. The fourth-order valence-electron chi connectivity index (χ4n) is 1.15. The number of rotatable bonds is 3. The molecule has 2 N–H and O–H groups in total. The summed E-state index contributed by atoms with van der Waals surface area (Å²) < 4.78 is 1.37. The lowest BCUT2D eigenvalue weighted by atomic mass is 10.3. The average molecular weight is 209 g/mol. The minimum Gasteiger partial charge on any atom is -0.347 e. The van der Waals surface area contributed by atoms with Crippen molar-refractivity contribution in [3.8, 4) is 0 Å². The number of hydrogen-bond acceptors (Lipinski definition) is 3. The number of nitrogens with two attached hydrogens (primary N) is 1.